The van der Waals surface area contributed by atoms with E-state index in [9.17, 15) is 0 Å². The summed E-state index contributed by atoms with van der Waals surface area (Å²) in [5, 5.41) is 18.9. The maximum atomic E-state index is 4.34. The first-order valence-electron chi connectivity index (χ1n) is 9.40. The first kappa shape index (κ1) is 17.3. The van der Waals surface area contributed by atoms with Crippen molar-refractivity contribution in [3.63, 3.8) is 0 Å². The molecule has 6 nitrogen and oxygen atoms in total. The van der Waals surface area contributed by atoms with Gasteiger partial charge in [-0.2, -0.15) is 5.21 Å². The Morgan fingerprint density at radius 2 is 1.70 bits per heavy atom. The molecule has 0 saturated heterocycles. The van der Waals surface area contributed by atoms with Crippen LogP contribution in [0.2, 0.25) is 0 Å². The minimum atomic E-state index is -0.448. The van der Waals surface area contributed by atoms with Gasteiger partial charge in [-0.05, 0) is 30.5 Å². The van der Waals surface area contributed by atoms with E-state index in [0.29, 0.717) is 5.95 Å². The van der Waals surface area contributed by atoms with Crippen LogP contribution in [0.5, 0.6) is 0 Å². The van der Waals surface area contributed by atoms with Crippen LogP contribution in [0, 0.1) is 0 Å². The highest BCUT2D eigenvalue weighted by atomic mass is 15.6. The zero-order chi connectivity index (χ0) is 18.7. The largest absolute Gasteiger partial charge is 0.360 e. The first-order chi connectivity index (χ1) is 13.3. The molecule has 0 fully saturated rings. The number of tetrazole rings is 1. The van der Waals surface area contributed by atoms with Gasteiger partial charge in [0.2, 0.25) is 0 Å². The van der Waals surface area contributed by atoms with E-state index < -0.39 is 5.66 Å². The van der Waals surface area contributed by atoms with Gasteiger partial charge in [0.15, 0.2) is 0 Å². The van der Waals surface area contributed by atoms with Gasteiger partial charge in [-0.3, -0.25) is 4.90 Å². The molecule has 1 atom stereocenters. The van der Waals surface area contributed by atoms with Crippen molar-refractivity contribution in [1.82, 2.24) is 25.9 Å². The summed E-state index contributed by atoms with van der Waals surface area (Å²) < 4.78 is 0. The molecule has 2 N–H and O–H groups in total. The second kappa shape index (κ2) is 7.23. The Balaban J connectivity index is 1.91. The molecule has 0 bridgehead atoms. The van der Waals surface area contributed by atoms with Crippen LogP contribution in [0.3, 0.4) is 0 Å². The SMILES string of the molecule is CCCCC1(c2ccccc2)NC(C)=C(c2ccccc2)N1c1nn[nH]n1. The molecular formula is C21H24N6. The number of nitrogens with one attached hydrogen (secondary N) is 2. The van der Waals surface area contributed by atoms with Gasteiger partial charge in [0.05, 0.1) is 5.70 Å². The number of benzene rings is 2. The standard InChI is InChI=1S/C21H24N6/c1-3-4-15-21(18-13-9-6-10-14-18)22-16(2)19(17-11-7-5-8-12-17)27(21)20-23-25-26-24-20/h5-14,22H,3-4,15H2,1-2H3,(H,23,24,25,26). The molecule has 2 aromatic carbocycles. The van der Waals surface area contributed by atoms with Crippen molar-refractivity contribution in [2.24, 2.45) is 0 Å². The molecule has 0 radical (unpaired) electrons. The minimum Gasteiger partial charge on any atom is -0.360 e. The van der Waals surface area contributed by atoms with E-state index in [2.05, 4.69) is 93.2 Å². The van der Waals surface area contributed by atoms with Crippen LogP contribution in [-0.4, -0.2) is 20.6 Å². The Morgan fingerprint density at radius 1 is 1.00 bits per heavy atom. The molecule has 0 spiro atoms. The number of anilines is 1. The van der Waals surface area contributed by atoms with Crippen LogP contribution in [0.4, 0.5) is 5.95 Å². The summed E-state index contributed by atoms with van der Waals surface area (Å²) in [6, 6.07) is 20.9. The zero-order valence-electron chi connectivity index (χ0n) is 15.7. The van der Waals surface area contributed by atoms with Crippen LogP contribution in [0.25, 0.3) is 5.70 Å². The minimum absolute atomic E-state index is 0.448. The quantitative estimate of drug-likeness (QED) is 0.694. The molecule has 6 heteroatoms. The van der Waals surface area contributed by atoms with E-state index in [-0.39, 0.29) is 0 Å². The topological polar surface area (TPSA) is 69.7 Å². The van der Waals surface area contributed by atoms with E-state index in [1.54, 1.807) is 0 Å². The molecular weight excluding hydrogens is 336 g/mol. The average Bonchev–Trinajstić information content (AvgIpc) is 3.34. The average molecular weight is 360 g/mol. The molecule has 1 aliphatic rings. The van der Waals surface area contributed by atoms with Crippen LogP contribution in [0.1, 0.15) is 44.2 Å². The van der Waals surface area contributed by atoms with Crippen molar-refractivity contribution in [3.8, 4) is 0 Å². The van der Waals surface area contributed by atoms with E-state index in [0.717, 1.165) is 36.2 Å². The number of hydrogen-bond donors (Lipinski definition) is 2. The molecule has 0 saturated carbocycles. The monoisotopic (exact) mass is 360 g/mol. The Bertz CT molecular complexity index is 904. The van der Waals surface area contributed by atoms with Gasteiger partial charge in [0.1, 0.15) is 5.66 Å². The molecule has 138 valence electrons. The fourth-order valence-electron chi connectivity index (χ4n) is 3.91. The van der Waals surface area contributed by atoms with Crippen molar-refractivity contribution in [3.05, 3.63) is 77.5 Å². The second-order valence-electron chi connectivity index (χ2n) is 6.84. The number of aromatic amines is 1. The number of hydrogen-bond acceptors (Lipinski definition) is 5. The van der Waals surface area contributed by atoms with Crippen molar-refractivity contribution < 1.29 is 0 Å². The lowest BCUT2D eigenvalue weighted by Gasteiger charge is -2.40. The summed E-state index contributed by atoms with van der Waals surface area (Å²) in [6.45, 7) is 4.33. The number of nitrogens with zero attached hydrogens (tertiary/aromatic N) is 4. The van der Waals surface area contributed by atoms with Gasteiger partial charge >= 0.3 is 0 Å². The van der Waals surface area contributed by atoms with Gasteiger partial charge in [0, 0.05) is 11.3 Å². The van der Waals surface area contributed by atoms with Crippen molar-refractivity contribution in [1.29, 1.82) is 0 Å². The number of unbranched alkanes of at least 4 members (excludes halogenated alkanes) is 1. The van der Waals surface area contributed by atoms with Gasteiger partial charge in [-0.1, -0.05) is 79.1 Å². The van der Waals surface area contributed by atoms with Crippen molar-refractivity contribution in [2.75, 3.05) is 4.90 Å². The van der Waals surface area contributed by atoms with Gasteiger partial charge in [-0.25, -0.2) is 0 Å². The van der Waals surface area contributed by atoms with E-state index in [1.165, 1.54) is 5.56 Å². The molecule has 1 aliphatic heterocycles. The van der Waals surface area contributed by atoms with Crippen molar-refractivity contribution in [2.45, 2.75) is 38.8 Å². The lowest BCUT2D eigenvalue weighted by molar-refractivity contribution is 0.352. The summed E-state index contributed by atoms with van der Waals surface area (Å²) >= 11 is 0. The Hall–Kier alpha value is -3.15. The molecule has 2 heterocycles. The highest BCUT2D eigenvalue weighted by molar-refractivity contribution is 5.83. The fraction of sp³-hybridized carbons (Fsp3) is 0.286. The molecule has 1 unspecified atom stereocenters. The van der Waals surface area contributed by atoms with Crippen molar-refractivity contribution >= 4 is 11.6 Å². The summed E-state index contributed by atoms with van der Waals surface area (Å²) in [5.74, 6) is 0.568. The van der Waals surface area contributed by atoms with E-state index in [4.69, 9.17) is 0 Å². The van der Waals surface area contributed by atoms with E-state index >= 15 is 0 Å². The van der Waals surface area contributed by atoms with Gasteiger partial charge in [-0.15, -0.1) is 5.10 Å². The Morgan fingerprint density at radius 3 is 2.33 bits per heavy atom. The van der Waals surface area contributed by atoms with Gasteiger partial charge < -0.3 is 5.32 Å². The number of rotatable bonds is 6. The maximum Gasteiger partial charge on any atom is 0.272 e. The molecule has 1 aromatic heterocycles. The predicted molar refractivity (Wildman–Crippen MR) is 106 cm³/mol. The first-order valence-corrected chi connectivity index (χ1v) is 9.40. The summed E-state index contributed by atoms with van der Waals surface area (Å²) in [5.41, 5.74) is 4.05. The lowest BCUT2D eigenvalue weighted by atomic mass is 9.92. The smallest absolute Gasteiger partial charge is 0.272 e. The second-order valence-corrected chi connectivity index (χ2v) is 6.84. The third-order valence-corrected chi connectivity index (χ3v) is 5.08. The molecule has 3 aromatic rings. The predicted octanol–water partition coefficient (Wildman–Crippen LogP) is 4.04. The fourth-order valence-corrected chi connectivity index (χ4v) is 3.91. The maximum absolute atomic E-state index is 4.34. The Labute approximate surface area is 159 Å². The summed E-state index contributed by atoms with van der Waals surface area (Å²) in [4.78, 5) is 2.20. The van der Waals surface area contributed by atoms with E-state index in [1.807, 2.05) is 12.1 Å². The number of allylic oxidation sites excluding steroid dienone is 1. The van der Waals surface area contributed by atoms with Crippen LogP contribution < -0.4 is 10.2 Å². The summed E-state index contributed by atoms with van der Waals surface area (Å²) in [7, 11) is 0. The van der Waals surface area contributed by atoms with Crippen LogP contribution in [-0.2, 0) is 5.66 Å². The Kier molecular flexibility index (Phi) is 4.62. The molecule has 4 rings (SSSR count). The lowest BCUT2D eigenvalue weighted by Crippen LogP contribution is -2.50. The zero-order valence-corrected chi connectivity index (χ0v) is 15.7. The highest BCUT2D eigenvalue weighted by Gasteiger charge is 2.47. The highest BCUT2D eigenvalue weighted by Crippen LogP contribution is 2.45. The van der Waals surface area contributed by atoms with Crippen LogP contribution >= 0.6 is 0 Å². The molecule has 0 aliphatic carbocycles. The number of aromatic nitrogens is 4. The number of H-pyrrole nitrogens is 1. The molecule has 27 heavy (non-hydrogen) atoms. The normalized spacial score (nSPS) is 19.4. The third kappa shape index (κ3) is 2.97. The van der Waals surface area contributed by atoms with Crippen LogP contribution in [0.15, 0.2) is 66.4 Å². The van der Waals surface area contributed by atoms with Gasteiger partial charge in [0.25, 0.3) is 5.95 Å². The summed E-state index contributed by atoms with van der Waals surface area (Å²) in [6.07, 6.45) is 3.11. The third-order valence-electron chi connectivity index (χ3n) is 5.08. The molecule has 0 amide bonds.